The Balaban J connectivity index is 1.60. The van der Waals surface area contributed by atoms with Crippen molar-refractivity contribution >= 4 is 11.9 Å². The molecule has 2 N–H and O–H groups in total. The van der Waals surface area contributed by atoms with Crippen molar-refractivity contribution in [3.05, 3.63) is 35.6 Å². The standard InChI is InChI=1S/C16H18FNO3/c1-16(2)12(13(16)15(20)21)14(19)18-11-7-10(11)8-4-3-5-9(17)6-8/h3-6,10-13H,7H2,1-2H3,(H,18,19)(H,20,21)/t10-,11+,12+,13-/m0/s1. The number of carbonyl (C=O) groups is 2. The quantitative estimate of drug-likeness (QED) is 0.893. The monoisotopic (exact) mass is 291 g/mol. The van der Waals surface area contributed by atoms with E-state index in [0.29, 0.717) is 0 Å². The summed E-state index contributed by atoms with van der Waals surface area (Å²) in [6.07, 6.45) is 0.778. The van der Waals surface area contributed by atoms with Crippen molar-refractivity contribution in [2.45, 2.75) is 32.2 Å². The van der Waals surface area contributed by atoms with E-state index in [4.69, 9.17) is 5.11 Å². The fourth-order valence-electron chi connectivity index (χ4n) is 3.32. The second-order valence-electron chi connectivity index (χ2n) is 6.63. The van der Waals surface area contributed by atoms with Crippen LogP contribution < -0.4 is 5.32 Å². The topological polar surface area (TPSA) is 66.4 Å². The molecule has 0 saturated heterocycles. The van der Waals surface area contributed by atoms with Crippen LogP contribution in [0.25, 0.3) is 0 Å². The second kappa shape index (κ2) is 4.55. The summed E-state index contributed by atoms with van der Waals surface area (Å²) in [5.41, 5.74) is 0.393. The number of aliphatic carboxylic acids is 1. The minimum Gasteiger partial charge on any atom is -0.481 e. The number of hydrogen-bond donors (Lipinski definition) is 2. The fraction of sp³-hybridized carbons (Fsp3) is 0.500. The number of rotatable bonds is 4. The van der Waals surface area contributed by atoms with Crippen LogP contribution in [0, 0.1) is 23.1 Å². The normalized spacial score (nSPS) is 32.3. The Morgan fingerprint density at radius 3 is 2.62 bits per heavy atom. The van der Waals surface area contributed by atoms with Crippen LogP contribution >= 0.6 is 0 Å². The highest BCUT2D eigenvalue weighted by molar-refractivity contribution is 5.92. The van der Waals surface area contributed by atoms with Crippen molar-refractivity contribution in [2.75, 3.05) is 0 Å². The van der Waals surface area contributed by atoms with Gasteiger partial charge in [-0.2, -0.15) is 0 Å². The first-order chi connectivity index (χ1) is 9.82. The highest BCUT2D eigenvalue weighted by Gasteiger charge is 2.66. The van der Waals surface area contributed by atoms with Crippen LogP contribution in [0.4, 0.5) is 4.39 Å². The zero-order valence-corrected chi connectivity index (χ0v) is 12.0. The molecule has 0 aromatic heterocycles. The van der Waals surface area contributed by atoms with Crippen LogP contribution in [0.1, 0.15) is 31.7 Å². The summed E-state index contributed by atoms with van der Waals surface area (Å²) in [6, 6.07) is 6.37. The van der Waals surface area contributed by atoms with Crippen molar-refractivity contribution in [1.29, 1.82) is 0 Å². The summed E-state index contributed by atoms with van der Waals surface area (Å²) in [5.74, 6) is -2.34. The average Bonchev–Trinajstić information content (AvgIpc) is 3.24. The van der Waals surface area contributed by atoms with Gasteiger partial charge in [-0.15, -0.1) is 0 Å². The lowest BCUT2D eigenvalue weighted by atomic mass is 10.1. The van der Waals surface area contributed by atoms with Gasteiger partial charge < -0.3 is 10.4 Å². The van der Waals surface area contributed by atoms with Gasteiger partial charge in [-0.25, -0.2) is 4.39 Å². The molecule has 4 atom stereocenters. The van der Waals surface area contributed by atoms with Crippen LogP contribution in [0.3, 0.4) is 0 Å². The summed E-state index contributed by atoms with van der Waals surface area (Å²) in [6.45, 7) is 3.60. The minimum absolute atomic E-state index is 0.00913. The highest BCUT2D eigenvalue weighted by Crippen LogP contribution is 2.58. The van der Waals surface area contributed by atoms with Crippen LogP contribution in [-0.2, 0) is 9.59 Å². The molecule has 112 valence electrons. The molecule has 1 amide bonds. The van der Waals surface area contributed by atoms with E-state index >= 15 is 0 Å². The first-order valence-corrected chi connectivity index (χ1v) is 7.11. The highest BCUT2D eigenvalue weighted by atomic mass is 19.1. The first-order valence-electron chi connectivity index (χ1n) is 7.11. The van der Waals surface area contributed by atoms with Gasteiger partial charge in [-0.05, 0) is 29.5 Å². The second-order valence-corrected chi connectivity index (χ2v) is 6.63. The number of benzene rings is 1. The lowest BCUT2D eigenvalue weighted by molar-refractivity contribution is -0.140. The van der Waals surface area contributed by atoms with Crippen LogP contribution in [0.5, 0.6) is 0 Å². The van der Waals surface area contributed by atoms with Gasteiger partial charge in [0.15, 0.2) is 0 Å². The van der Waals surface area contributed by atoms with Gasteiger partial charge >= 0.3 is 5.97 Å². The number of carboxylic acids is 1. The Bertz CT molecular complexity index is 613. The van der Waals surface area contributed by atoms with E-state index in [1.54, 1.807) is 19.9 Å². The molecule has 4 nitrogen and oxygen atoms in total. The summed E-state index contributed by atoms with van der Waals surface area (Å²) in [7, 11) is 0. The molecule has 3 rings (SSSR count). The maximum absolute atomic E-state index is 13.2. The van der Waals surface area contributed by atoms with E-state index in [1.807, 2.05) is 6.07 Å². The average molecular weight is 291 g/mol. The lowest BCUT2D eigenvalue weighted by Gasteiger charge is -2.06. The van der Waals surface area contributed by atoms with E-state index in [9.17, 15) is 14.0 Å². The van der Waals surface area contributed by atoms with E-state index in [0.717, 1.165) is 12.0 Å². The summed E-state index contributed by atoms with van der Waals surface area (Å²) >= 11 is 0. The number of halogens is 1. The van der Waals surface area contributed by atoms with Gasteiger partial charge in [-0.3, -0.25) is 9.59 Å². The van der Waals surface area contributed by atoms with Crippen molar-refractivity contribution in [1.82, 2.24) is 5.32 Å². The Kier molecular flexibility index (Phi) is 3.04. The smallest absolute Gasteiger partial charge is 0.307 e. The van der Waals surface area contributed by atoms with Crippen LogP contribution in [-0.4, -0.2) is 23.0 Å². The molecule has 5 heteroatoms. The van der Waals surface area contributed by atoms with Gasteiger partial charge in [0.05, 0.1) is 11.8 Å². The third-order valence-electron chi connectivity index (χ3n) is 4.77. The molecule has 0 spiro atoms. The summed E-state index contributed by atoms with van der Waals surface area (Å²) in [4.78, 5) is 23.3. The molecular formula is C16H18FNO3. The van der Waals surface area contributed by atoms with Gasteiger partial charge in [0.2, 0.25) is 5.91 Å². The fourth-order valence-corrected chi connectivity index (χ4v) is 3.32. The molecule has 2 saturated carbocycles. The van der Waals surface area contributed by atoms with Crippen molar-refractivity contribution in [2.24, 2.45) is 17.3 Å². The molecule has 1 aromatic carbocycles. The Hall–Kier alpha value is -1.91. The lowest BCUT2D eigenvalue weighted by Crippen LogP contribution is -2.30. The van der Waals surface area contributed by atoms with Gasteiger partial charge in [0.25, 0.3) is 0 Å². The number of carbonyl (C=O) groups excluding carboxylic acids is 1. The molecule has 2 aliphatic carbocycles. The molecule has 0 radical (unpaired) electrons. The Labute approximate surface area is 122 Å². The molecular weight excluding hydrogens is 273 g/mol. The van der Waals surface area contributed by atoms with E-state index in [1.165, 1.54) is 12.1 Å². The summed E-state index contributed by atoms with van der Waals surface area (Å²) < 4.78 is 13.2. The van der Waals surface area contributed by atoms with Crippen molar-refractivity contribution in [3.8, 4) is 0 Å². The predicted octanol–water partition coefficient (Wildman–Crippen LogP) is 2.15. The van der Waals surface area contributed by atoms with Crippen LogP contribution in [0.2, 0.25) is 0 Å². The van der Waals surface area contributed by atoms with Crippen molar-refractivity contribution < 1.29 is 19.1 Å². The predicted molar refractivity (Wildman–Crippen MR) is 74.1 cm³/mol. The van der Waals surface area contributed by atoms with Crippen LogP contribution in [0.15, 0.2) is 24.3 Å². The summed E-state index contributed by atoms with van der Waals surface area (Å²) in [5, 5.41) is 12.0. The molecule has 2 aliphatic rings. The Morgan fingerprint density at radius 2 is 2.05 bits per heavy atom. The third-order valence-corrected chi connectivity index (χ3v) is 4.77. The number of carboxylic acid groups (broad SMARTS) is 1. The number of hydrogen-bond acceptors (Lipinski definition) is 2. The van der Waals surface area contributed by atoms with E-state index in [-0.39, 0.29) is 23.7 Å². The molecule has 1 aromatic rings. The maximum atomic E-state index is 13.2. The first kappa shape index (κ1) is 14.0. The largest absolute Gasteiger partial charge is 0.481 e. The number of nitrogens with one attached hydrogen (secondary N) is 1. The molecule has 2 fully saturated rings. The Morgan fingerprint density at radius 1 is 1.33 bits per heavy atom. The minimum atomic E-state index is -0.919. The van der Waals surface area contributed by atoms with E-state index in [2.05, 4.69) is 5.32 Å². The SMILES string of the molecule is CC1(C)[C@H](C(=O)O)[C@@H]1C(=O)N[C@@H]1C[C@H]1c1cccc(F)c1. The maximum Gasteiger partial charge on any atom is 0.307 e. The number of amides is 1. The molecule has 21 heavy (non-hydrogen) atoms. The zero-order valence-electron chi connectivity index (χ0n) is 12.0. The van der Waals surface area contributed by atoms with Crippen molar-refractivity contribution in [3.63, 3.8) is 0 Å². The molecule has 0 heterocycles. The zero-order chi connectivity index (χ0) is 15.4. The van der Waals surface area contributed by atoms with Gasteiger partial charge in [-0.1, -0.05) is 26.0 Å². The van der Waals surface area contributed by atoms with E-state index < -0.39 is 23.2 Å². The molecule has 0 bridgehead atoms. The van der Waals surface area contributed by atoms with Gasteiger partial charge in [0.1, 0.15) is 5.82 Å². The molecule has 0 aliphatic heterocycles. The molecule has 0 unspecified atom stereocenters. The van der Waals surface area contributed by atoms with Gasteiger partial charge in [0, 0.05) is 12.0 Å². The third kappa shape index (κ3) is 2.41.